The Morgan fingerprint density at radius 1 is 1.00 bits per heavy atom. The SMILES string of the molecule is Cc1nccn1-c1ccc(CNCc2ccc(F)cc2)cn1. The molecule has 22 heavy (non-hydrogen) atoms. The average Bonchev–Trinajstić information content (AvgIpc) is 2.96. The summed E-state index contributed by atoms with van der Waals surface area (Å²) in [6, 6.07) is 10.5. The van der Waals surface area contributed by atoms with Crippen molar-refractivity contribution < 1.29 is 4.39 Å². The van der Waals surface area contributed by atoms with Crippen molar-refractivity contribution in [3.05, 3.63) is 77.8 Å². The molecule has 0 bridgehead atoms. The smallest absolute Gasteiger partial charge is 0.137 e. The van der Waals surface area contributed by atoms with Gasteiger partial charge in [-0.2, -0.15) is 0 Å². The van der Waals surface area contributed by atoms with E-state index >= 15 is 0 Å². The molecule has 0 atom stereocenters. The maximum absolute atomic E-state index is 12.8. The van der Waals surface area contributed by atoms with Crippen molar-refractivity contribution in [2.45, 2.75) is 20.0 Å². The molecule has 0 saturated heterocycles. The lowest BCUT2D eigenvalue weighted by Gasteiger charge is -2.07. The number of hydrogen-bond donors (Lipinski definition) is 1. The van der Waals surface area contributed by atoms with Gasteiger partial charge in [-0.3, -0.25) is 4.57 Å². The van der Waals surface area contributed by atoms with Crippen LogP contribution in [0.3, 0.4) is 0 Å². The summed E-state index contributed by atoms with van der Waals surface area (Å²) in [6.07, 6.45) is 5.51. The lowest BCUT2D eigenvalue weighted by molar-refractivity contribution is 0.625. The molecular formula is C17H17FN4. The van der Waals surface area contributed by atoms with E-state index in [0.717, 1.165) is 22.8 Å². The molecule has 0 fully saturated rings. The zero-order valence-corrected chi connectivity index (χ0v) is 12.3. The molecular weight excluding hydrogens is 279 g/mol. The van der Waals surface area contributed by atoms with Gasteiger partial charge in [-0.15, -0.1) is 0 Å². The Bertz CT molecular complexity index is 732. The molecule has 4 nitrogen and oxygen atoms in total. The van der Waals surface area contributed by atoms with Crippen LogP contribution in [0.25, 0.3) is 5.82 Å². The predicted octanol–water partition coefficient (Wildman–Crippen LogP) is 3.00. The molecule has 0 radical (unpaired) electrons. The van der Waals surface area contributed by atoms with Crippen LogP contribution in [-0.4, -0.2) is 14.5 Å². The topological polar surface area (TPSA) is 42.7 Å². The van der Waals surface area contributed by atoms with Gasteiger partial charge in [0.25, 0.3) is 0 Å². The molecule has 2 aromatic heterocycles. The Morgan fingerprint density at radius 3 is 2.36 bits per heavy atom. The zero-order valence-electron chi connectivity index (χ0n) is 12.3. The number of imidazole rings is 1. The molecule has 3 aromatic rings. The molecule has 1 N–H and O–H groups in total. The lowest BCUT2D eigenvalue weighted by atomic mass is 10.2. The van der Waals surface area contributed by atoms with Crippen molar-refractivity contribution in [1.82, 2.24) is 19.9 Å². The molecule has 3 rings (SSSR count). The van der Waals surface area contributed by atoms with Gasteiger partial charge in [0, 0.05) is 31.7 Å². The third kappa shape index (κ3) is 3.38. The number of aryl methyl sites for hydroxylation is 1. The Labute approximate surface area is 128 Å². The van der Waals surface area contributed by atoms with Crippen LogP contribution >= 0.6 is 0 Å². The second-order valence-corrected chi connectivity index (χ2v) is 5.10. The van der Waals surface area contributed by atoms with Crippen LogP contribution in [-0.2, 0) is 13.1 Å². The molecule has 5 heteroatoms. The quantitative estimate of drug-likeness (QED) is 0.787. The van der Waals surface area contributed by atoms with E-state index in [-0.39, 0.29) is 5.82 Å². The Hall–Kier alpha value is -2.53. The largest absolute Gasteiger partial charge is 0.309 e. The molecule has 2 heterocycles. The van der Waals surface area contributed by atoms with Gasteiger partial charge in [-0.1, -0.05) is 18.2 Å². The number of benzene rings is 1. The summed E-state index contributed by atoms with van der Waals surface area (Å²) in [5, 5.41) is 3.32. The highest BCUT2D eigenvalue weighted by atomic mass is 19.1. The first-order valence-corrected chi connectivity index (χ1v) is 7.13. The van der Waals surface area contributed by atoms with Gasteiger partial charge >= 0.3 is 0 Å². The Balaban J connectivity index is 1.57. The predicted molar refractivity (Wildman–Crippen MR) is 83.0 cm³/mol. The molecule has 112 valence electrons. The van der Waals surface area contributed by atoms with Gasteiger partial charge in [-0.25, -0.2) is 14.4 Å². The fraction of sp³-hybridized carbons (Fsp3) is 0.176. The number of pyridine rings is 1. The van der Waals surface area contributed by atoms with E-state index in [0.29, 0.717) is 13.1 Å². The molecule has 1 aromatic carbocycles. The summed E-state index contributed by atoms with van der Waals surface area (Å²) in [7, 11) is 0. The van der Waals surface area contributed by atoms with Gasteiger partial charge in [0.15, 0.2) is 0 Å². The van der Waals surface area contributed by atoms with E-state index in [9.17, 15) is 4.39 Å². The lowest BCUT2D eigenvalue weighted by Crippen LogP contribution is -2.13. The summed E-state index contributed by atoms with van der Waals surface area (Å²) < 4.78 is 14.8. The fourth-order valence-corrected chi connectivity index (χ4v) is 2.24. The van der Waals surface area contributed by atoms with Crippen LogP contribution < -0.4 is 5.32 Å². The van der Waals surface area contributed by atoms with Crippen LogP contribution in [0.1, 0.15) is 17.0 Å². The highest BCUT2D eigenvalue weighted by Crippen LogP contribution is 2.08. The van der Waals surface area contributed by atoms with Crippen molar-refractivity contribution in [2.24, 2.45) is 0 Å². The normalized spacial score (nSPS) is 10.8. The molecule has 0 saturated carbocycles. The van der Waals surface area contributed by atoms with E-state index in [1.165, 1.54) is 12.1 Å². The second-order valence-electron chi connectivity index (χ2n) is 5.10. The Morgan fingerprint density at radius 2 is 1.73 bits per heavy atom. The minimum atomic E-state index is -0.210. The molecule has 0 aliphatic carbocycles. The molecule has 0 aliphatic heterocycles. The zero-order chi connectivity index (χ0) is 15.4. The van der Waals surface area contributed by atoms with E-state index in [4.69, 9.17) is 0 Å². The highest BCUT2D eigenvalue weighted by molar-refractivity contribution is 5.27. The van der Waals surface area contributed by atoms with Crippen molar-refractivity contribution >= 4 is 0 Å². The van der Waals surface area contributed by atoms with Crippen molar-refractivity contribution in [3.63, 3.8) is 0 Å². The molecule has 0 amide bonds. The maximum atomic E-state index is 12.8. The van der Waals surface area contributed by atoms with Crippen LogP contribution in [0.15, 0.2) is 55.0 Å². The van der Waals surface area contributed by atoms with Crippen molar-refractivity contribution in [1.29, 1.82) is 0 Å². The van der Waals surface area contributed by atoms with Crippen LogP contribution in [0, 0.1) is 12.7 Å². The fourth-order valence-electron chi connectivity index (χ4n) is 2.24. The summed E-state index contributed by atoms with van der Waals surface area (Å²) in [6.45, 7) is 3.36. The van der Waals surface area contributed by atoms with Gasteiger partial charge < -0.3 is 5.32 Å². The summed E-state index contributed by atoms with van der Waals surface area (Å²) >= 11 is 0. The summed E-state index contributed by atoms with van der Waals surface area (Å²) in [4.78, 5) is 8.64. The maximum Gasteiger partial charge on any atom is 0.137 e. The van der Waals surface area contributed by atoms with E-state index < -0.39 is 0 Å². The molecule has 0 aliphatic rings. The standard InChI is InChI=1S/C17H17FN4/c1-13-20-8-9-22(13)17-7-4-15(12-21-17)11-19-10-14-2-5-16(18)6-3-14/h2-9,12,19H,10-11H2,1H3. The van der Waals surface area contributed by atoms with Gasteiger partial charge in [-0.05, 0) is 36.2 Å². The van der Waals surface area contributed by atoms with Crippen molar-refractivity contribution in [2.75, 3.05) is 0 Å². The number of halogens is 1. The summed E-state index contributed by atoms with van der Waals surface area (Å²) in [5.41, 5.74) is 2.16. The number of rotatable bonds is 5. The number of aromatic nitrogens is 3. The first-order valence-electron chi connectivity index (χ1n) is 7.13. The molecule has 0 unspecified atom stereocenters. The average molecular weight is 296 g/mol. The van der Waals surface area contributed by atoms with Crippen LogP contribution in [0.4, 0.5) is 4.39 Å². The summed E-state index contributed by atoms with van der Waals surface area (Å²) in [5.74, 6) is 1.56. The first kappa shape index (κ1) is 14.4. The minimum absolute atomic E-state index is 0.210. The monoisotopic (exact) mass is 296 g/mol. The number of nitrogens with zero attached hydrogens (tertiary/aromatic N) is 3. The van der Waals surface area contributed by atoms with Crippen LogP contribution in [0.5, 0.6) is 0 Å². The van der Waals surface area contributed by atoms with E-state index in [1.807, 2.05) is 36.0 Å². The first-order chi connectivity index (χ1) is 10.7. The third-order valence-corrected chi connectivity index (χ3v) is 3.45. The Kier molecular flexibility index (Phi) is 4.25. The highest BCUT2D eigenvalue weighted by Gasteiger charge is 2.02. The number of hydrogen-bond acceptors (Lipinski definition) is 3. The third-order valence-electron chi connectivity index (χ3n) is 3.45. The van der Waals surface area contributed by atoms with Gasteiger partial charge in [0.05, 0.1) is 0 Å². The van der Waals surface area contributed by atoms with Crippen molar-refractivity contribution in [3.8, 4) is 5.82 Å². The minimum Gasteiger partial charge on any atom is -0.309 e. The van der Waals surface area contributed by atoms with Gasteiger partial charge in [0.2, 0.25) is 0 Å². The van der Waals surface area contributed by atoms with Crippen LogP contribution in [0.2, 0.25) is 0 Å². The second kappa shape index (κ2) is 6.49. The van der Waals surface area contributed by atoms with E-state index in [1.54, 1.807) is 18.3 Å². The van der Waals surface area contributed by atoms with E-state index in [2.05, 4.69) is 15.3 Å². The molecule has 0 spiro atoms. The van der Waals surface area contributed by atoms with Gasteiger partial charge in [0.1, 0.15) is 17.5 Å². The number of nitrogens with one attached hydrogen (secondary N) is 1.